The van der Waals surface area contributed by atoms with Gasteiger partial charge in [0.1, 0.15) is 17.4 Å². The van der Waals surface area contributed by atoms with E-state index in [0.717, 1.165) is 47.6 Å². The molecule has 1 aliphatic heterocycles. The first-order valence-electron chi connectivity index (χ1n) is 11.0. The number of thioether (sulfide) groups is 1. The number of carbonyl (C=O) groups excluding carboxylic acids is 1. The Bertz CT molecular complexity index is 1060. The van der Waals surface area contributed by atoms with Crippen LogP contribution in [0.25, 0.3) is 0 Å². The predicted molar refractivity (Wildman–Crippen MR) is 127 cm³/mol. The molecule has 2 aromatic carbocycles. The third kappa shape index (κ3) is 5.65. The summed E-state index contributed by atoms with van der Waals surface area (Å²) in [6.45, 7) is 5.57. The van der Waals surface area contributed by atoms with Crippen molar-refractivity contribution in [2.24, 2.45) is 0 Å². The fraction of sp³-hybridized carbons (Fsp3) is 0.375. The molecule has 2 heterocycles. The minimum absolute atomic E-state index is 0.0983. The van der Waals surface area contributed by atoms with Crippen LogP contribution in [0.3, 0.4) is 0 Å². The molecule has 0 saturated carbocycles. The Hall–Kier alpha value is -3.07. The van der Waals surface area contributed by atoms with Gasteiger partial charge >= 0.3 is 0 Å². The highest BCUT2D eigenvalue weighted by Crippen LogP contribution is 2.22. The van der Waals surface area contributed by atoms with Gasteiger partial charge in [-0.15, -0.1) is 10.2 Å². The molecule has 1 aliphatic rings. The number of methoxy groups -OCH3 is 1. The summed E-state index contributed by atoms with van der Waals surface area (Å²) < 4.78 is 20.4. The monoisotopic (exact) mass is 469 g/mol. The molecular formula is C24H28FN5O2S. The lowest BCUT2D eigenvalue weighted by Crippen LogP contribution is -2.49. The highest BCUT2D eigenvalue weighted by Gasteiger charge is 2.22. The molecule has 0 radical (unpaired) electrons. The number of nitrogens with zero attached hydrogens (tertiary/aromatic N) is 5. The second-order valence-corrected chi connectivity index (χ2v) is 8.74. The number of halogens is 1. The van der Waals surface area contributed by atoms with Crippen molar-refractivity contribution in [2.75, 3.05) is 43.9 Å². The quantitative estimate of drug-likeness (QED) is 0.471. The van der Waals surface area contributed by atoms with E-state index in [1.807, 2.05) is 29.2 Å². The van der Waals surface area contributed by atoms with Crippen LogP contribution in [0.5, 0.6) is 5.75 Å². The Labute approximate surface area is 197 Å². The van der Waals surface area contributed by atoms with E-state index in [9.17, 15) is 9.18 Å². The van der Waals surface area contributed by atoms with Gasteiger partial charge in [0.2, 0.25) is 5.91 Å². The molecule has 4 rings (SSSR count). The molecule has 0 bridgehead atoms. The molecule has 1 fully saturated rings. The fourth-order valence-electron chi connectivity index (χ4n) is 3.88. The van der Waals surface area contributed by atoms with Gasteiger partial charge < -0.3 is 19.1 Å². The largest absolute Gasteiger partial charge is 0.497 e. The van der Waals surface area contributed by atoms with Gasteiger partial charge in [0.05, 0.1) is 12.9 Å². The van der Waals surface area contributed by atoms with Crippen molar-refractivity contribution in [3.05, 3.63) is 65.7 Å². The number of anilines is 1. The summed E-state index contributed by atoms with van der Waals surface area (Å²) in [5.41, 5.74) is 2.11. The summed E-state index contributed by atoms with van der Waals surface area (Å²) in [5.74, 6) is 1.89. The Morgan fingerprint density at radius 1 is 1.03 bits per heavy atom. The first kappa shape index (κ1) is 23.1. The lowest BCUT2D eigenvalue weighted by Gasteiger charge is -2.36. The molecule has 0 atom stereocenters. The highest BCUT2D eigenvalue weighted by molar-refractivity contribution is 7.99. The molecule has 174 valence electrons. The Balaban J connectivity index is 1.30. The average molecular weight is 470 g/mol. The number of benzene rings is 2. The van der Waals surface area contributed by atoms with Crippen molar-refractivity contribution in [2.45, 2.75) is 25.0 Å². The topological polar surface area (TPSA) is 63.5 Å². The number of hydrogen-bond donors (Lipinski definition) is 0. The van der Waals surface area contributed by atoms with Gasteiger partial charge in [-0.2, -0.15) is 0 Å². The molecule has 33 heavy (non-hydrogen) atoms. The molecule has 0 N–H and O–H groups in total. The number of piperazine rings is 1. The van der Waals surface area contributed by atoms with E-state index in [1.165, 1.54) is 23.9 Å². The van der Waals surface area contributed by atoms with Gasteiger partial charge in [0.15, 0.2) is 5.16 Å². The molecule has 1 saturated heterocycles. The van der Waals surface area contributed by atoms with Crippen LogP contribution in [0, 0.1) is 5.82 Å². The second kappa shape index (κ2) is 10.7. The summed E-state index contributed by atoms with van der Waals surface area (Å²) >= 11 is 1.43. The smallest absolute Gasteiger partial charge is 0.233 e. The van der Waals surface area contributed by atoms with Crippen LogP contribution in [0.2, 0.25) is 0 Å². The molecule has 1 aromatic heterocycles. The summed E-state index contributed by atoms with van der Waals surface area (Å²) in [5, 5.41) is 9.47. The maximum Gasteiger partial charge on any atom is 0.233 e. The Kier molecular flexibility index (Phi) is 7.49. The molecule has 0 spiro atoms. The van der Waals surface area contributed by atoms with Gasteiger partial charge in [-0.25, -0.2) is 4.39 Å². The summed E-state index contributed by atoms with van der Waals surface area (Å²) in [6.07, 6.45) is 0.671. The summed E-state index contributed by atoms with van der Waals surface area (Å²) in [7, 11) is 1.65. The molecule has 0 unspecified atom stereocenters. The maximum atomic E-state index is 13.1. The first-order chi connectivity index (χ1) is 16.1. The molecule has 0 aliphatic carbocycles. The van der Waals surface area contributed by atoms with Crippen LogP contribution >= 0.6 is 11.8 Å². The first-order valence-corrected chi connectivity index (χ1v) is 12.0. The van der Waals surface area contributed by atoms with Gasteiger partial charge in [0.25, 0.3) is 0 Å². The van der Waals surface area contributed by atoms with Crippen molar-refractivity contribution in [3.63, 3.8) is 0 Å². The SMILES string of the molecule is CCn1c(Cc2ccc(OC)cc2)nnc1SCC(=O)N1CCN(c2ccc(F)cc2)CC1. The van der Waals surface area contributed by atoms with Crippen LogP contribution in [-0.2, 0) is 17.8 Å². The summed E-state index contributed by atoms with van der Waals surface area (Å²) in [6, 6.07) is 14.4. The Morgan fingerprint density at radius 3 is 2.36 bits per heavy atom. The van der Waals surface area contributed by atoms with Crippen molar-refractivity contribution in [3.8, 4) is 5.75 Å². The zero-order chi connectivity index (χ0) is 23.2. The lowest BCUT2D eigenvalue weighted by molar-refractivity contribution is -0.128. The van der Waals surface area contributed by atoms with E-state index >= 15 is 0 Å². The Morgan fingerprint density at radius 2 is 1.73 bits per heavy atom. The molecule has 1 amide bonds. The standard InChI is InChI=1S/C24H28FN5O2S/c1-3-30-22(16-18-4-10-21(32-2)11-5-18)26-27-24(30)33-17-23(31)29-14-12-28(13-15-29)20-8-6-19(25)7-9-20/h4-11H,3,12-17H2,1-2H3. The third-order valence-electron chi connectivity index (χ3n) is 5.78. The van der Waals surface area contributed by atoms with Crippen molar-refractivity contribution >= 4 is 23.4 Å². The summed E-state index contributed by atoms with van der Waals surface area (Å²) in [4.78, 5) is 16.8. The van der Waals surface area contributed by atoms with Crippen molar-refractivity contribution < 1.29 is 13.9 Å². The number of amides is 1. The number of ether oxygens (including phenoxy) is 1. The van der Waals surface area contributed by atoms with Crippen LogP contribution in [0.4, 0.5) is 10.1 Å². The number of aromatic nitrogens is 3. The zero-order valence-corrected chi connectivity index (χ0v) is 19.7. The molecular weight excluding hydrogens is 441 g/mol. The zero-order valence-electron chi connectivity index (χ0n) is 18.9. The van der Waals surface area contributed by atoms with Gasteiger partial charge in [-0.3, -0.25) is 4.79 Å². The predicted octanol–water partition coefficient (Wildman–Crippen LogP) is 3.48. The number of rotatable bonds is 8. The van der Waals surface area contributed by atoms with Gasteiger partial charge in [-0.05, 0) is 48.9 Å². The fourth-order valence-corrected chi connectivity index (χ4v) is 4.81. The maximum absolute atomic E-state index is 13.1. The lowest BCUT2D eigenvalue weighted by atomic mass is 10.1. The van der Waals surface area contributed by atoms with E-state index in [-0.39, 0.29) is 11.7 Å². The van der Waals surface area contributed by atoms with E-state index in [4.69, 9.17) is 4.74 Å². The van der Waals surface area contributed by atoms with Gasteiger partial charge in [0, 0.05) is 44.8 Å². The average Bonchev–Trinajstić information content (AvgIpc) is 3.24. The number of carbonyl (C=O) groups is 1. The highest BCUT2D eigenvalue weighted by atomic mass is 32.2. The van der Waals surface area contributed by atoms with Gasteiger partial charge in [-0.1, -0.05) is 23.9 Å². The molecule has 3 aromatic rings. The second-order valence-electron chi connectivity index (χ2n) is 7.80. The van der Waals surface area contributed by atoms with E-state index in [2.05, 4.69) is 26.6 Å². The third-order valence-corrected chi connectivity index (χ3v) is 6.73. The van der Waals surface area contributed by atoms with Crippen LogP contribution in [-0.4, -0.2) is 64.6 Å². The van der Waals surface area contributed by atoms with E-state index < -0.39 is 0 Å². The number of hydrogen-bond acceptors (Lipinski definition) is 6. The normalized spacial score (nSPS) is 13.9. The minimum atomic E-state index is -0.239. The van der Waals surface area contributed by atoms with E-state index in [1.54, 1.807) is 19.2 Å². The van der Waals surface area contributed by atoms with Crippen molar-refractivity contribution in [1.82, 2.24) is 19.7 Å². The van der Waals surface area contributed by atoms with E-state index in [0.29, 0.717) is 25.3 Å². The molecule has 9 heteroatoms. The van der Waals surface area contributed by atoms with Crippen molar-refractivity contribution in [1.29, 1.82) is 0 Å². The van der Waals surface area contributed by atoms with Crippen LogP contribution < -0.4 is 9.64 Å². The molecule has 7 nitrogen and oxygen atoms in total. The van der Waals surface area contributed by atoms with Crippen LogP contribution in [0.15, 0.2) is 53.7 Å². The van der Waals surface area contributed by atoms with Crippen LogP contribution in [0.1, 0.15) is 18.3 Å². The minimum Gasteiger partial charge on any atom is -0.497 e.